The minimum absolute atomic E-state index is 0.108. The van der Waals surface area contributed by atoms with Crippen LogP contribution in [0.2, 0.25) is 5.02 Å². The first kappa shape index (κ1) is 11.0. The molecule has 3 rings (SSSR count). The molecule has 1 aliphatic carbocycles. The van der Waals surface area contributed by atoms with Gasteiger partial charge in [-0.15, -0.1) is 0 Å². The van der Waals surface area contributed by atoms with Crippen LogP contribution in [0.4, 0.5) is 0 Å². The Hall–Kier alpha value is -2.07. The molecule has 0 fully saturated rings. The number of aromatic nitrogens is 2. The van der Waals surface area contributed by atoms with Crippen molar-refractivity contribution < 1.29 is 9.59 Å². The van der Waals surface area contributed by atoms with Gasteiger partial charge in [0.05, 0.1) is 16.1 Å². The number of pyridine rings is 2. The predicted octanol–water partition coefficient (Wildman–Crippen LogP) is 2.21. The lowest BCUT2D eigenvalue weighted by molar-refractivity contribution is 0.0971. The van der Waals surface area contributed by atoms with Crippen LogP contribution in [0.15, 0.2) is 24.5 Å². The van der Waals surface area contributed by atoms with Gasteiger partial charge in [-0.3, -0.25) is 19.6 Å². The number of hydrogen-bond donors (Lipinski definition) is 0. The summed E-state index contributed by atoms with van der Waals surface area (Å²) in [5.41, 5.74) is 1.45. The molecule has 0 atom stereocenters. The molecule has 88 valence electrons. The number of aryl methyl sites for hydroxylation is 1. The quantitative estimate of drug-likeness (QED) is 0.620. The molecule has 2 aromatic rings. The van der Waals surface area contributed by atoms with Crippen molar-refractivity contribution in [1.29, 1.82) is 0 Å². The zero-order valence-electron chi connectivity index (χ0n) is 9.40. The summed E-state index contributed by atoms with van der Waals surface area (Å²) in [5, 5.41) is 0.229. The fourth-order valence-electron chi connectivity index (χ4n) is 2.08. The van der Waals surface area contributed by atoms with E-state index >= 15 is 0 Å². The summed E-state index contributed by atoms with van der Waals surface area (Å²) in [5.74, 6) is -0.644. The lowest BCUT2D eigenvalue weighted by Crippen LogP contribution is -2.24. The number of rotatable bonds is 0. The van der Waals surface area contributed by atoms with E-state index in [2.05, 4.69) is 9.97 Å². The van der Waals surface area contributed by atoms with E-state index in [-0.39, 0.29) is 33.5 Å². The van der Waals surface area contributed by atoms with E-state index in [1.165, 1.54) is 18.5 Å². The molecule has 0 unspecified atom stereocenters. The van der Waals surface area contributed by atoms with Crippen molar-refractivity contribution >= 4 is 23.2 Å². The minimum Gasteiger partial charge on any atom is -0.287 e. The maximum absolute atomic E-state index is 12.3. The Bertz CT molecular complexity index is 649. The fraction of sp³-hybridized carbons (Fsp3) is 0.0769. The fourth-order valence-corrected chi connectivity index (χ4v) is 2.31. The smallest absolute Gasteiger partial charge is 0.215 e. The molecule has 0 bridgehead atoms. The van der Waals surface area contributed by atoms with Crippen molar-refractivity contribution in [2.24, 2.45) is 0 Å². The molecule has 0 spiro atoms. The Kier molecular flexibility index (Phi) is 2.28. The maximum Gasteiger partial charge on any atom is 0.215 e. The van der Waals surface area contributed by atoms with Crippen LogP contribution >= 0.6 is 11.6 Å². The van der Waals surface area contributed by atoms with Gasteiger partial charge in [-0.2, -0.15) is 0 Å². The Morgan fingerprint density at radius 3 is 2.22 bits per heavy atom. The van der Waals surface area contributed by atoms with Crippen LogP contribution in [0.3, 0.4) is 0 Å². The van der Waals surface area contributed by atoms with Crippen LogP contribution in [0, 0.1) is 6.92 Å². The third kappa shape index (κ3) is 1.32. The van der Waals surface area contributed by atoms with Gasteiger partial charge in [-0.05, 0) is 24.6 Å². The molecule has 5 heteroatoms. The Balaban J connectivity index is 2.40. The van der Waals surface area contributed by atoms with Gasteiger partial charge in [-0.1, -0.05) is 11.6 Å². The van der Waals surface area contributed by atoms with E-state index in [9.17, 15) is 9.59 Å². The number of fused-ring (bicyclic) bond motifs is 2. The van der Waals surface area contributed by atoms with Crippen molar-refractivity contribution in [3.63, 3.8) is 0 Å². The van der Waals surface area contributed by atoms with Gasteiger partial charge in [0.25, 0.3) is 0 Å². The van der Waals surface area contributed by atoms with Crippen molar-refractivity contribution in [3.05, 3.63) is 57.6 Å². The summed E-state index contributed by atoms with van der Waals surface area (Å²) >= 11 is 5.97. The van der Waals surface area contributed by atoms with E-state index in [1.54, 1.807) is 13.0 Å². The molecule has 0 aliphatic heterocycles. The molecule has 1 aliphatic rings. The van der Waals surface area contributed by atoms with Crippen molar-refractivity contribution in [2.75, 3.05) is 0 Å². The summed E-state index contributed by atoms with van der Waals surface area (Å²) in [6.45, 7) is 1.77. The average Bonchev–Trinajstić information content (AvgIpc) is 2.35. The number of halogens is 1. The Labute approximate surface area is 108 Å². The third-order valence-corrected chi connectivity index (χ3v) is 3.26. The molecule has 2 aromatic heterocycles. The van der Waals surface area contributed by atoms with Crippen LogP contribution in [0.1, 0.15) is 37.7 Å². The highest BCUT2D eigenvalue weighted by atomic mass is 35.5. The van der Waals surface area contributed by atoms with E-state index < -0.39 is 0 Å². The van der Waals surface area contributed by atoms with Crippen LogP contribution in [0.25, 0.3) is 0 Å². The summed E-state index contributed by atoms with van der Waals surface area (Å²) in [6.07, 6.45) is 2.93. The largest absolute Gasteiger partial charge is 0.287 e. The normalized spacial score (nSPS) is 13.2. The topological polar surface area (TPSA) is 59.9 Å². The van der Waals surface area contributed by atoms with E-state index in [1.807, 2.05) is 0 Å². The highest BCUT2D eigenvalue weighted by molar-refractivity contribution is 6.38. The zero-order chi connectivity index (χ0) is 12.9. The molecular formula is C13H7ClN2O2. The highest BCUT2D eigenvalue weighted by Crippen LogP contribution is 2.30. The average molecular weight is 259 g/mol. The van der Waals surface area contributed by atoms with Gasteiger partial charge in [0, 0.05) is 12.4 Å². The molecule has 0 amide bonds. The van der Waals surface area contributed by atoms with Crippen LogP contribution in [0.5, 0.6) is 0 Å². The van der Waals surface area contributed by atoms with Crippen LogP contribution in [-0.2, 0) is 0 Å². The number of hydrogen-bond acceptors (Lipinski definition) is 4. The predicted molar refractivity (Wildman–Crippen MR) is 65.1 cm³/mol. The highest BCUT2D eigenvalue weighted by Gasteiger charge is 2.34. The van der Waals surface area contributed by atoms with E-state index in [0.29, 0.717) is 11.1 Å². The van der Waals surface area contributed by atoms with E-state index in [0.717, 1.165) is 0 Å². The van der Waals surface area contributed by atoms with Crippen LogP contribution < -0.4 is 0 Å². The Morgan fingerprint density at radius 2 is 1.50 bits per heavy atom. The lowest BCUT2D eigenvalue weighted by Gasteiger charge is -2.17. The zero-order valence-corrected chi connectivity index (χ0v) is 10.2. The molecule has 0 saturated heterocycles. The molecule has 0 saturated carbocycles. The third-order valence-electron chi connectivity index (χ3n) is 2.94. The van der Waals surface area contributed by atoms with Crippen LogP contribution in [-0.4, -0.2) is 21.5 Å². The van der Waals surface area contributed by atoms with Gasteiger partial charge in [0.1, 0.15) is 11.4 Å². The number of carbonyl (C=O) groups excluding carboxylic acids is 2. The lowest BCUT2D eigenvalue weighted by atomic mass is 9.88. The molecule has 0 N–H and O–H groups in total. The summed E-state index contributed by atoms with van der Waals surface area (Å²) in [7, 11) is 0. The summed E-state index contributed by atoms with van der Waals surface area (Å²) in [4.78, 5) is 32.6. The molecule has 2 heterocycles. The minimum atomic E-state index is -0.346. The Morgan fingerprint density at radius 1 is 0.944 bits per heavy atom. The number of carbonyl (C=O) groups is 2. The van der Waals surface area contributed by atoms with Crippen molar-refractivity contribution in [1.82, 2.24) is 9.97 Å². The van der Waals surface area contributed by atoms with Crippen molar-refractivity contribution in [2.45, 2.75) is 6.92 Å². The van der Waals surface area contributed by atoms with Gasteiger partial charge in [-0.25, -0.2) is 0 Å². The van der Waals surface area contributed by atoms with Gasteiger partial charge in [0.2, 0.25) is 11.6 Å². The first-order chi connectivity index (χ1) is 8.61. The first-order valence-corrected chi connectivity index (χ1v) is 5.68. The van der Waals surface area contributed by atoms with Gasteiger partial charge in [0.15, 0.2) is 0 Å². The SMILES string of the molecule is Cc1ccnc2c1C(=O)c1nccc(Cl)c1C2=O. The maximum atomic E-state index is 12.3. The van der Waals surface area contributed by atoms with Gasteiger partial charge < -0.3 is 0 Å². The number of ketones is 2. The second-order valence-corrected chi connectivity index (χ2v) is 4.43. The number of nitrogens with zero attached hydrogens (tertiary/aromatic N) is 2. The van der Waals surface area contributed by atoms with Gasteiger partial charge >= 0.3 is 0 Å². The molecule has 18 heavy (non-hydrogen) atoms. The second-order valence-electron chi connectivity index (χ2n) is 4.03. The molecule has 0 aromatic carbocycles. The molecule has 0 radical (unpaired) electrons. The summed E-state index contributed by atoms with van der Waals surface area (Å²) < 4.78 is 0. The monoisotopic (exact) mass is 258 g/mol. The van der Waals surface area contributed by atoms with Crippen molar-refractivity contribution in [3.8, 4) is 0 Å². The standard InChI is InChI=1S/C13H7ClN2O2/c1-6-2-4-15-10-8(6)12(17)11-9(13(10)18)7(14)3-5-16-11/h2-5H,1H3. The molecule has 4 nitrogen and oxygen atoms in total. The second kappa shape index (κ2) is 3.71. The molecular weight excluding hydrogens is 252 g/mol. The summed E-state index contributed by atoms with van der Waals surface area (Å²) in [6, 6.07) is 3.19. The first-order valence-electron chi connectivity index (χ1n) is 5.30. The van der Waals surface area contributed by atoms with E-state index in [4.69, 9.17) is 11.6 Å².